The van der Waals surface area contributed by atoms with Crippen LogP contribution in [0.1, 0.15) is 26.3 Å². The van der Waals surface area contributed by atoms with Gasteiger partial charge in [-0.3, -0.25) is 14.9 Å². The highest BCUT2D eigenvalue weighted by Gasteiger charge is 2.21. The zero-order chi connectivity index (χ0) is 19.4. The molecule has 0 saturated carbocycles. The minimum Gasteiger partial charge on any atom is -0.478 e. The number of rotatable bonds is 6. The predicted molar refractivity (Wildman–Crippen MR) is 100 cm³/mol. The molecule has 0 heterocycles. The highest BCUT2D eigenvalue weighted by molar-refractivity contribution is 7.99. The second-order valence-electron chi connectivity index (χ2n) is 5.54. The Morgan fingerprint density at radius 3 is 2.19 bits per heavy atom. The largest absolute Gasteiger partial charge is 0.478 e. The number of benzene rings is 3. The van der Waals surface area contributed by atoms with Gasteiger partial charge in [0.15, 0.2) is 5.78 Å². The third-order valence-electron chi connectivity index (χ3n) is 3.79. The molecule has 0 fully saturated rings. The molecule has 3 aromatic carbocycles. The lowest BCUT2D eigenvalue weighted by molar-refractivity contribution is -0.387. The second-order valence-corrected chi connectivity index (χ2v) is 6.62. The fourth-order valence-electron chi connectivity index (χ4n) is 2.49. The molecular weight excluding hydrogens is 366 g/mol. The SMILES string of the molecule is O=C(c1ccccc1)c1ccc(Sc2ccccc2C(=O)O)c([N+](=O)[O-])c1. The van der Waals surface area contributed by atoms with Crippen LogP contribution in [0.3, 0.4) is 0 Å². The quantitative estimate of drug-likeness (QED) is 0.379. The summed E-state index contributed by atoms with van der Waals surface area (Å²) in [4.78, 5) is 35.4. The van der Waals surface area contributed by atoms with Gasteiger partial charge in [-0.2, -0.15) is 0 Å². The van der Waals surface area contributed by atoms with E-state index in [0.29, 0.717) is 10.5 Å². The number of hydrogen-bond acceptors (Lipinski definition) is 5. The maximum absolute atomic E-state index is 12.5. The monoisotopic (exact) mass is 379 g/mol. The third-order valence-corrected chi connectivity index (χ3v) is 4.93. The van der Waals surface area contributed by atoms with Crippen molar-refractivity contribution in [3.8, 4) is 0 Å². The maximum atomic E-state index is 12.5. The molecular formula is C20H13NO5S. The van der Waals surface area contributed by atoms with Crippen LogP contribution in [0.2, 0.25) is 0 Å². The van der Waals surface area contributed by atoms with Crippen LogP contribution in [0.5, 0.6) is 0 Å². The van der Waals surface area contributed by atoms with Crippen molar-refractivity contribution in [1.82, 2.24) is 0 Å². The van der Waals surface area contributed by atoms with E-state index in [9.17, 15) is 24.8 Å². The lowest BCUT2D eigenvalue weighted by Gasteiger charge is -2.08. The van der Waals surface area contributed by atoms with Gasteiger partial charge in [-0.05, 0) is 24.3 Å². The number of hydrogen-bond donors (Lipinski definition) is 1. The van der Waals surface area contributed by atoms with Crippen molar-refractivity contribution >= 4 is 29.2 Å². The number of carbonyl (C=O) groups excluding carboxylic acids is 1. The van der Waals surface area contributed by atoms with Crippen LogP contribution in [0.15, 0.2) is 82.6 Å². The van der Waals surface area contributed by atoms with Gasteiger partial charge in [-0.1, -0.05) is 54.2 Å². The van der Waals surface area contributed by atoms with Crippen molar-refractivity contribution in [3.63, 3.8) is 0 Å². The van der Waals surface area contributed by atoms with Crippen LogP contribution in [-0.4, -0.2) is 21.8 Å². The molecule has 0 spiro atoms. The Kier molecular flexibility index (Phi) is 5.33. The molecule has 0 radical (unpaired) electrons. The summed E-state index contributed by atoms with van der Waals surface area (Å²) >= 11 is 0.980. The van der Waals surface area contributed by atoms with E-state index in [4.69, 9.17) is 0 Å². The van der Waals surface area contributed by atoms with Crippen molar-refractivity contribution in [3.05, 3.63) is 99.6 Å². The second kappa shape index (κ2) is 7.84. The number of ketones is 1. The molecule has 0 aliphatic rings. The van der Waals surface area contributed by atoms with E-state index in [0.717, 1.165) is 11.8 Å². The van der Waals surface area contributed by atoms with Crippen LogP contribution < -0.4 is 0 Å². The van der Waals surface area contributed by atoms with E-state index < -0.39 is 10.9 Å². The lowest BCUT2D eigenvalue weighted by Crippen LogP contribution is -2.03. The molecule has 6 nitrogen and oxygen atoms in total. The molecule has 0 unspecified atom stereocenters. The summed E-state index contributed by atoms with van der Waals surface area (Å²) in [6, 6.07) is 19.0. The maximum Gasteiger partial charge on any atom is 0.336 e. The van der Waals surface area contributed by atoms with Crippen molar-refractivity contribution in [2.45, 2.75) is 9.79 Å². The van der Waals surface area contributed by atoms with Crippen LogP contribution in [0.4, 0.5) is 5.69 Å². The Bertz CT molecular complexity index is 1030. The molecule has 3 rings (SSSR count). The Hall–Kier alpha value is -3.45. The molecule has 0 aliphatic heterocycles. The number of carbonyl (C=O) groups is 2. The minimum absolute atomic E-state index is 0.0567. The Balaban J connectivity index is 2.00. The number of carboxylic acids is 1. The Morgan fingerprint density at radius 2 is 1.52 bits per heavy atom. The molecule has 0 atom stereocenters. The van der Waals surface area contributed by atoms with Gasteiger partial charge in [0.2, 0.25) is 0 Å². The van der Waals surface area contributed by atoms with E-state index in [1.807, 2.05) is 0 Å². The Labute approximate surface area is 158 Å². The van der Waals surface area contributed by atoms with E-state index in [2.05, 4.69) is 0 Å². The molecule has 1 N–H and O–H groups in total. The zero-order valence-corrected chi connectivity index (χ0v) is 14.7. The molecule has 7 heteroatoms. The summed E-state index contributed by atoms with van der Waals surface area (Å²) in [5, 5.41) is 20.8. The number of nitrogens with zero attached hydrogens (tertiary/aromatic N) is 1. The average molecular weight is 379 g/mol. The van der Waals surface area contributed by atoms with Gasteiger partial charge in [-0.25, -0.2) is 4.79 Å². The van der Waals surface area contributed by atoms with Gasteiger partial charge in [0.05, 0.1) is 15.4 Å². The van der Waals surface area contributed by atoms with Gasteiger partial charge >= 0.3 is 5.97 Å². The van der Waals surface area contributed by atoms with Gasteiger partial charge in [0.1, 0.15) is 0 Å². The fourth-order valence-corrected chi connectivity index (χ4v) is 3.52. The van der Waals surface area contributed by atoms with Crippen molar-refractivity contribution in [2.24, 2.45) is 0 Å². The fraction of sp³-hybridized carbons (Fsp3) is 0. The number of carboxylic acid groups (broad SMARTS) is 1. The van der Waals surface area contributed by atoms with E-state index in [1.54, 1.807) is 48.5 Å². The Morgan fingerprint density at radius 1 is 0.852 bits per heavy atom. The van der Waals surface area contributed by atoms with Gasteiger partial charge in [-0.15, -0.1) is 0 Å². The number of aromatic carboxylic acids is 1. The summed E-state index contributed by atoms with van der Waals surface area (Å²) in [7, 11) is 0. The summed E-state index contributed by atoms with van der Waals surface area (Å²) < 4.78 is 0. The van der Waals surface area contributed by atoms with Crippen molar-refractivity contribution in [2.75, 3.05) is 0 Å². The van der Waals surface area contributed by atoms with Gasteiger partial charge < -0.3 is 5.11 Å². The topological polar surface area (TPSA) is 97.5 Å². The molecule has 0 aliphatic carbocycles. The molecule has 0 bridgehead atoms. The summed E-state index contributed by atoms with van der Waals surface area (Å²) in [5.74, 6) is -1.43. The summed E-state index contributed by atoms with van der Waals surface area (Å²) in [6.07, 6.45) is 0. The van der Waals surface area contributed by atoms with Crippen LogP contribution >= 0.6 is 11.8 Å². The lowest BCUT2D eigenvalue weighted by atomic mass is 10.0. The van der Waals surface area contributed by atoms with E-state index >= 15 is 0 Å². The summed E-state index contributed by atoms with van der Waals surface area (Å²) in [6.45, 7) is 0. The molecule has 134 valence electrons. The first-order valence-corrected chi connectivity index (χ1v) is 8.67. The minimum atomic E-state index is -1.11. The average Bonchev–Trinajstić information content (AvgIpc) is 2.68. The van der Waals surface area contributed by atoms with Gasteiger partial charge in [0.25, 0.3) is 5.69 Å². The normalized spacial score (nSPS) is 10.4. The molecule has 0 saturated heterocycles. The van der Waals surface area contributed by atoms with Crippen molar-refractivity contribution < 1.29 is 19.6 Å². The molecule has 0 amide bonds. The highest BCUT2D eigenvalue weighted by atomic mass is 32.2. The van der Waals surface area contributed by atoms with Crippen molar-refractivity contribution in [1.29, 1.82) is 0 Å². The third kappa shape index (κ3) is 4.04. The van der Waals surface area contributed by atoms with Gasteiger partial charge in [0, 0.05) is 22.1 Å². The first-order valence-electron chi connectivity index (χ1n) is 7.85. The highest BCUT2D eigenvalue weighted by Crippen LogP contribution is 2.37. The first kappa shape index (κ1) is 18.3. The summed E-state index contributed by atoms with van der Waals surface area (Å²) in [5.41, 5.74) is 0.440. The number of nitro benzene ring substituents is 1. The van der Waals surface area contributed by atoms with E-state index in [1.165, 1.54) is 24.3 Å². The molecule has 3 aromatic rings. The smallest absolute Gasteiger partial charge is 0.336 e. The van der Waals surface area contributed by atoms with Crippen LogP contribution in [0.25, 0.3) is 0 Å². The molecule has 27 heavy (non-hydrogen) atoms. The molecule has 0 aromatic heterocycles. The van der Waals surface area contributed by atoms with Crippen LogP contribution in [-0.2, 0) is 0 Å². The predicted octanol–water partition coefficient (Wildman–Crippen LogP) is 4.68. The van der Waals surface area contributed by atoms with E-state index in [-0.39, 0.29) is 27.5 Å². The number of nitro groups is 1. The zero-order valence-electron chi connectivity index (χ0n) is 13.9. The van der Waals surface area contributed by atoms with Crippen LogP contribution in [0, 0.1) is 10.1 Å². The first-order chi connectivity index (χ1) is 13.0. The standard InChI is InChI=1S/C20H13NO5S/c22-19(13-6-2-1-3-7-13)14-10-11-18(16(12-14)21(25)26)27-17-9-5-4-8-15(17)20(23)24/h1-12H,(H,23,24).